The van der Waals surface area contributed by atoms with Crippen LogP contribution in [0.3, 0.4) is 0 Å². The number of hydrogen-bond acceptors (Lipinski definition) is 7. The highest BCUT2D eigenvalue weighted by Gasteiger charge is 2.16. The van der Waals surface area contributed by atoms with Crippen LogP contribution in [0, 0.1) is 6.92 Å². The number of anilines is 1. The van der Waals surface area contributed by atoms with Gasteiger partial charge in [0.1, 0.15) is 5.82 Å². The molecule has 0 bridgehead atoms. The molecule has 37 heavy (non-hydrogen) atoms. The van der Waals surface area contributed by atoms with Gasteiger partial charge in [-0.3, -0.25) is 14.6 Å². The predicted molar refractivity (Wildman–Crippen MR) is 141 cm³/mol. The van der Waals surface area contributed by atoms with E-state index in [1.54, 1.807) is 61.1 Å². The van der Waals surface area contributed by atoms with Crippen molar-refractivity contribution in [3.63, 3.8) is 0 Å². The minimum atomic E-state index is -3.56. The van der Waals surface area contributed by atoms with Crippen LogP contribution in [0.15, 0.2) is 82.9 Å². The molecule has 0 aliphatic carbocycles. The van der Waals surface area contributed by atoms with Crippen LogP contribution in [0.5, 0.6) is 0 Å². The molecule has 4 rings (SSSR count). The molecule has 0 aliphatic heterocycles. The Hall–Kier alpha value is -4.31. The predicted octanol–water partition coefficient (Wildman–Crippen LogP) is 2.50. The van der Waals surface area contributed by atoms with E-state index < -0.39 is 9.84 Å². The molecule has 3 heterocycles. The maximum atomic E-state index is 12.7. The molecule has 4 aromatic rings. The summed E-state index contributed by atoms with van der Waals surface area (Å²) in [6, 6.07) is 15.0. The number of sulfone groups is 1. The third kappa shape index (κ3) is 6.47. The van der Waals surface area contributed by atoms with E-state index in [-0.39, 0.29) is 22.9 Å². The van der Waals surface area contributed by atoms with Crippen molar-refractivity contribution in [1.82, 2.24) is 19.9 Å². The van der Waals surface area contributed by atoms with Gasteiger partial charge >= 0.3 is 0 Å². The summed E-state index contributed by atoms with van der Waals surface area (Å²) in [7, 11) is -3.56. The average Bonchev–Trinajstić information content (AvgIpc) is 2.85. The van der Waals surface area contributed by atoms with Crippen LogP contribution in [0.2, 0.25) is 0 Å². The smallest absolute Gasteiger partial charge is 0.251 e. The number of benzene rings is 1. The van der Waals surface area contributed by atoms with Crippen molar-refractivity contribution >= 4 is 21.6 Å². The maximum Gasteiger partial charge on any atom is 0.251 e. The quantitative estimate of drug-likeness (QED) is 0.366. The lowest BCUT2D eigenvalue weighted by molar-refractivity contribution is 0.0950. The highest BCUT2D eigenvalue weighted by Crippen LogP contribution is 2.21. The molecule has 9 nitrogen and oxygen atoms in total. The van der Waals surface area contributed by atoms with Crippen molar-refractivity contribution in [3.8, 4) is 0 Å². The summed E-state index contributed by atoms with van der Waals surface area (Å²) in [4.78, 5) is 33.4. The van der Waals surface area contributed by atoms with Crippen molar-refractivity contribution in [2.75, 3.05) is 12.0 Å². The largest absolute Gasteiger partial charge is 0.384 e. The van der Waals surface area contributed by atoms with Crippen molar-refractivity contribution in [2.24, 2.45) is 0 Å². The number of rotatable bonds is 8. The van der Waals surface area contributed by atoms with E-state index in [9.17, 15) is 18.0 Å². The number of carbonyl (C=O) groups excluding carboxylic acids is 1. The van der Waals surface area contributed by atoms with Crippen LogP contribution in [-0.4, -0.2) is 35.1 Å². The number of aromatic nitrogens is 3. The van der Waals surface area contributed by atoms with Crippen LogP contribution >= 0.6 is 0 Å². The lowest BCUT2D eigenvalue weighted by Crippen LogP contribution is -2.23. The van der Waals surface area contributed by atoms with E-state index in [0.717, 1.165) is 22.9 Å². The zero-order chi connectivity index (χ0) is 26.6. The molecule has 1 aromatic carbocycles. The molecule has 0 unspecified atom stereocenters. The van der Waals surface area contributed by atoms with Gasteiger partial charge in [-0.05, 0) is 59.5 Å². The molecule has 1 amide bonds. The molecule has 0 aliphatic rings. The Bertz CT molecular complexity index is 1630. The molecular formula is C27H27N5O4S. The number of hydrogen-bond donors (Lipinski definition) is 2. The molecular weight excluding hydrogens is 490 g/mol. The summed E-state index contributed by atoms with van der Waals surface area (Å²) in [6.45, 7) is 2.34. The van der Waals surface area contributed by atoms with E-state index >= 15 is 0 Å². The molecule has 3 aromatic heterocycles. The number of nitrogens with one attached hydrogen (secondary N) is 1. The Morgan fingerprint density at radius 1 is 1.05 bits per heavy atom. The second kappa shape index (κ2) is 10.8. The number of carbonyl (C=O) groups is 1. The van der Waals surface area contributed by atoms with Gasteiger partial charge < -0.3 is 15.6 Å². The van der Waals surface area contributed by atoms with Gasteiger partial charge in [0.2, 0.25) is 0 Å². The van der Waals surface area contributed by atoms with Crippen molar-refractivity contribution in [2.45, 2.75) is 31.3 Å². The number of amides is 1. The van der Waals surface area contributed by atoms with Gasteiger partial charge in [0, 0.05) is 55.1 Å². The summed E-state index contributed by atoms with van der Waals surface area (Å²) in [5.74, 6) is 0.160. The summed E-state index contributed by atoms with van der Waals surface area (Å²) in [5, 5.41) is 2.88. The van der Waals surface area contributed by atoms with Gasteiger partial charge in [0.05, 0.1) is 11.4 Å². The highest BCUT2D eigenvalue weighted by atomic mass is 32.2. The van der Waals surface area contributed by atoms with Crippen LogP contribution in [0.4, 0.5) is 5.82 Å². The summed E-state index contributed by atoms with van der Waals surface area (Å²) >= 11 is 0. The summed E-state index contributed by atoms with van der Waals surface area (Å²) < 4.78 is 26.5. The summed E-state index contributed by atoms with van der Waals surface area (Å²) in [6.07, 6.45) is 6.28. The minimum Gasteiger partial charge on any atom is -0.384 e. The number of pyridine rings is 3. The van der Waals surface area contributed by atoms with E-state index in [1.807, 2.05) is 13.0 Å². The molecule has 0 spiro atoms. The normalized spacial score (nSPS) is 11.3. The first kappa shape index (κ1) is 25.8. The van der Waals surface area contributed by atoms with Gasteiger partial charge in [-0.15, -0.1) is 0 Å². The first-order chi connectivity index (χ1) is 17.6. The topological polar surface area (TPSA) is 137 Å². The fraction of sp³-hybridized carbons (Fsp3) is 0.185. The van der Waals surface area contributed by atoms with E-state index in [2.05, 4.69) is 15.3 Å². The number of nitrogens with zero attached hydrogens (tertiary/aromatic N) is 3. The lowest BCUT2D eigenvalue weighted by Gasteiger charge is -2.12. The third-order valence-corrected chi connectivity index (χ3v) is 7.09. The first-order valence-corrected chi connectivity index (χ1v) is 13.4. The first-order valence-electron chi connectivity index (χ1n) is 11.5. The molecule has 0 saturated heterocycles. The van der Waals surface area contributed by atoms with Crippen LogP contribution < -0.4 is 16.6 Å². The standard InChI is InChI=1S/C27H27N5O4S/c1-18-11-25(28)30-15-22(18)16-31-27(34)20-8-9-29-23(14-20)12-19-6-7-21(24(13-19)37(2,35)36)17-32-10-4-3-5-26(32)33/h3-11,13-15H,12,16-17H2,1-2H3,(H2,28,30)(H,31,34). The van der Waals surface area contributed by atoms with E-state index in [4.69, 9.17) is 5.73 Å². The van der Waals surface area contributed by atoms with Gasteiger partial charge in [-0.2, -0.15) is 0 Å². The Labute approximate surface area is 214 Å². The van der Waals surface area contributed by atoms with Gasteiger partial charge in [-0.25, -0.2) is 13.4 Å². The van der Waals surface area contributed by atoms with Crippen LogP contribution in [0.25, 0.3) is 0 Å². The highest BCUT2D eigenvalue weighted by molar-refractivity contribution is 7.90. The fourth-order valence-electron chi connectivity index (χ4n) is 3.95. The number of aryl methyl sites for hydroxylation is 1. The minimum absolute atomic E-state index is 0.138. The van der Waals surface area contributed by atoms with Crippen LogP contribution in [0.1, 0.15) is 38.3 Å². The molecule has 190 valence electrons. The zero-order valence-corrected chi connectivity index (χ0v) is 21.3. The zero-order valence-electron chi connectivity index (χ0n) is 20.5. The second-order valence-corrected chi connectivity index (χ2v) is 10.8. The average molecular weight is 518 g/mol. The van der Waals surface area contributed by atoms with Crippen molar-refractivity contribution in [3.05, 3.63) is 117 Å². The molecule has 10 heteroatoms. The maximum absolute atomic E-state index is 12.7. The Morgan fingerprint density at radius 3 is 2.59 bits per heavy atom. The molecule has 0 radical (unpaired) electrons. The second-order valence-electron chi connectivity index (χ2n) is 8.81. The molecule has 0 saturated carbocycles. The lowest BCUT2D eigenvalue weighted by atomic mass is 10.1. The molecule has 0 atom stereocenters. The van der Waals surface area contributed by atoms with E-state index in [0.29, 0.717) is 35.6 Å². The number of nitrogens with two attached hydrogens (primary N) is 1. The number of nitrogen functional groups attached to an aromatic ring is 1. The van der Waals surface area contributed by atoms with Crippen molar-refractivity contribution in [1.29, 1.82) is 0 Å². The fourth-order valence-corrected chi connectivity index (χ4v) is 4.93. The van der Waals surface area contributed by atoms with Gasteiger partial charge in [-0.1, -0.05) is 18.2 Å². The Morgan fingerprint density at radius 2 is 1.86 bits per heavy atom. The third-order valence-electron chi connectivity index (χ3n) is 5.91. The Balaban J connectivity index is 1.52. The van der Waals surface area contributed by atoms with Gasteiger partial charge in [0.25, 0.3) is 11.5 Å². The molecule has 3 N–H and O–H groups in total. The Kier molecular flexibility index (Phi) is 7.49. The van der Waals surface area contributed by atoms with Gasteiger partial charge in [0.15, 0.2) is 9.84 Å². The summed E-state index contributed by atoms with van der Waals surface area (Å²) in [5.41, 5.74) is 9.57. The molecule has 0 fully saturated rings. The SMILES string of the molecule is Cc1cc(N)ncc1CNC(=O)c1ccnc(Cc2ccc(Cn3ccccc3=O)c(S(C)(=O)=O)c2)c1. The van der Waals surface area contributed by atoms with E-state index in [1.165, 1.54) is 10.6 Å². The monoisotopic (exact) mass is 517 g/mol. The van der Waals surface area contributed by atoms with Crippen LogP contribution in [-0.2, 0) is 29.3 Å². The van der Waals surface area contributed by atoms with Crippen molar-refractivity contribution < 1.29 is 13.2 Å².